The molecule has 10 nitrogen and oxygen atoms in total. The normalized spacial score (nSPS) is 25.4. The Balaban J connectivity index is 1.62. The minimum absolute atomic E-state index is 0.0941. The Morgan fingerprint density at radius 1 is 1.28 bits per heavy atom. The van der Waals surface area contributed by atoms with Crippen LogP contribution in [0.4, 0.5) is 10.6 Å². The molecule has 29 heavy (non-hydrogen) atoms. The number of hydrogen-bond acceptors (Lipinski definition) is 6. The standard InChI is InChI=1S/C19H25N5O5/c1-11-8-23(19(28)29)9-12(2)24(11)10-17(26)21-15-7-13(5-6-20-15)14-3-4-16(25)22-18(14)27/h5-7,11-12,14H,3-4,8-10H2,1-2H3,(H,28,29)(H,20,21,26)(H,22,25,27)/t11-,12?,14?/m0/s1. The highest BCUT2D eigenvalue weighted by molar-refractivity contribution is 6.01. The number of nitrogens with zero attached hydrogens (tertiary/aromatic N) is 3. The summed E-state index contributed by atoms with van der Waals surface area (Å²) >= 11 is 0. The monoisotopic (exact) mass is 403 g/mol. The molecule has 2 saturated heterocycles. The molecule has 1 aromatic heterocycles. The van der Waals surface area contributed by atoms with E-state index in [9.17, 15) is 24.3 Å². The molecule has 2 aliphatic rings. The molecule has 0 bridgehead atoms. The fourth-order valence-electron chi connectivity index (χ4n) is 3.92. The first-order valence-electron chi connectivity index (χ1n) is 9.57. The highest BCUT2D eigenvalue weighted by Crippen LogP contribution is 2.26. The molecular weight excluding hydrogens is 378 g/mol. The third kappa shape index (κ3) is 4.89. The zero-order valence-corrected chi connectivity index (χ0v) is 16.4. The Labute approximate surface area is 168 Å². The van der Waals surface area contributed by atoms with E-state index in [2.05, 4.69) is 15.6 Å². The van der Waals surface area contributed by atoms with Crippen LogP contribution in [0.25, 0.3) is 0 Å². The second-order valence-electron chi connectivity index (χ2n) is 7.58. The van der Waals surface area contributed by atoms with Gasteiger partial charge in [0, 0.05) is 37.8 Å². The van der Waals surface area contributed by atoms with E-state index < -0.39 is 12.0 Å². The van der Waals surface area contributed by atoms with E-state index in [-0.39, 0.29) is 42.8 Å². The van der Waals surface area contributed by atoms with Crippen LogP contribution in [0.5, 0.6) is 0 Å². The zero-order valence-electron chi connectivity index (χ0n) is 16.4. The Hall–Kier alpha value is -3.01. The van der Waals surface area contributed by atoms with E-state index in [1.165, 1.54) is 11.1 Å². The summed E-state index contributed by atoms with van der Waals surface area (Å²) in [5.41, 5.74) is 0.692. The molecule has 156 valence electrons. The van der Waals surface area contributed by atoms with Crippen molar-refractivity contribution in [3.8, 4) is 0 Å². The second-order valence-corrected chi connectivity index (χ2v) is 7.58. The highest BCUT2D eigenvalue weighted by Gasteiger charge is 2.33. The number of piperazine rings is 1. The van der Waals surface area contributed by atoms with E-state index in [1.807, 2.05) is 18.7 Å². The number of carbonyl (C=O) groups is 4. The minimum Gasteiger partial charge on any atom is -0.465 e. The van der Waals surface area contributed by atoms with Crippen molar-refractivity contribution in [1.29, 1.82) is 0 Å². The van der Waals surface area contributed by atoms with Gasteiger partial charge in [-0.2, -0.15) is 0 Å². The van der Waals surface area contributed by atoms with Crippen LogP contribution >= 0.6 is 0 Å². The largest absolute Gasteiger partial charge is 0.465 e. The molecule has 4 amide bonds. The lowest BCUT2D eigenvalue weighted by atomic mass is 9.91. The average Bonchev–Trinajstić information content (AvgIpc) is 2.64. The summed E-state index contributed by atoms with van der Waals surface area (Å²) in [4.78, 5) is 54.6. The minimum atomic E-state index is -0.956. The fraction of sp³-hybridized carbons (Fsp3) is 0.526. The number of rotatable bonds is 4. The number of pyridine rings is 1. The van der Waals surface area contributed by atoms with Crippen LogP contribution in [0.1, 0.15) is 38.2 Å². The van der Waals surface area contributed by atoms with E-state index >= 15 is 0 Å². The number of amides is 4. The van der Waals surface area contributed by atoms with Crippen LogP contribution in [-0.2, 0) is 14.4 Å². The van der Waals surface area contributed by atoms with Crippen LogP contribution in [0.15, 0.2) is 18.3 Å². The van der Waals surface area contributed by atoms with Gasteiger partial charge in [0.1, 0.15) is 5.82 Å². The van der Waals surface area contributed by atoms with Crippen LogP contribution in [0, 0.1) is 0 Å². The van der Waals surface area contributed by atoms with Crippen molar-refractivity contribution in [2.75, 3.05) is 25.0 Å². The summed E-state index contributed by atoms with van der Waals surface area (Å²) in [5.74, 6) is -0.999. The summed E-state index contributed by atoms with van der Waals surface area (Å²) in [6, 6.07) is 3.16. The average molecular weight is 403 g/mol. The van der Waals surface area contributed by atoms with Crippen LogP contribution in [0.3, 0.4) is 0 Å². The van der Waals surface area contributed by atoms with Crippen LogP contribution in [0.2, 0.25) is 0 Å². The number of imide groups is 1. The molecule has 0 radical (unpaired) electrons. The molecule has 0 spiro atoms. The van der Waals surface area contributed by atoms with E-state index in [4.69, 9.17) is 0 Å². The lowest BCUT2D eigenvalue weighted by Gasteiger charge is -2.42. The van der Waals surface area contributed by atoms with E-state index in [0.717, 1.165) is 0 Å². The Morgan fingerprint density at radius 2 is 1.97 bits per heavy atom. The zero-order chi connectivity index (χ0) is 21.1. The number of nitrogens with one attached hydrogen (secondary N) is 2. The van der Waals surface area contributed by atoms with Crippen molar-refractivity contribution < 1.29 is 24.3 Å². The van der Waals surface area contributed by atoms with Gasteiger partial charge >= 0.3 is 6.09 Å². The van der Waals surface area contributed by atoms with E-state index in [0.29, 0.717) is 30.9 Å². The lowest BCUT2D eigenvalue weighted by molar-refractivity contribution is -0.134. The van der Waals surface area contributed by atoms with Gasteiger partial charge in [-0.3, -0.25) is 24.6 Å². The number of anilines is 1. The van der Waals surface area contributed by atoms with Gasteiger partial charge in [-0.15, -0.1) is 0 Å². The molecule has 10 heteroatoms. The number of aromatic nitrogens is 1. The van der Waals surface area contributed by atoms with Crippen molar-refractivity contribution in [2.45, 2.75) is 44.7 Å². The Morgan fingerprint density at radius 3 is 2.59 bits per heavy atom. The first kappa shape index (κ1) is 20.7. The molecule has 3 N–H and O–H groups in total. The van der Waals surface area contributed by atoms with Crippen molar-refractivity contribution in [3.05, 3.63) is 23.9 Å². The molecular formula is C19H25N5O5. The summed E-state index contributed by atoms with van der Waals surface area (Å²) in [5, 5.41) is 14.2. The van der Waals surface area contributed by atoms with Crippen molar-refractivity contribution >= 4 is 29.6 Å². The summed E-state index contributed by atoms with van der Waals surface area (Å²) in [7, 11) is 0. The topological polar surface area (TPSA) is 132 Å². The lowest BCUT2D eigenvalue weighted by Crippen LogP contribution is -2.59. The predicted octanol–water partition coefficient (Wildman–Crippen LogP) is 0.613. The molecule has 3 rings (SSSR count). The number of carboxylic acid groups (broad SMARTS) is 1. The maximum absolute atomic E-state index is 12.5. The van der Waals surface area contributed by atoms with Crippen molar-refractivity contribution in [1.82, 2.24) is 20.1 Å². The third-order valence-electron chi connectivity index (χ3n) is 5.39. The first-order chi connectivity index (χ1) is 13.7. The maximum Gasteiger partial charge on any atom is 0.407 e. The summed E-state index contributed by atoms with van der Waals surface area (Å²) in [6.07, 6.45) is 1.26. The summed E-state index contributed by atoms with van der Waals surface area (Å²) < 4.78 is 0. The van der Waals surface area contributed by atoms with Gasteiger partial charge in [0.2, 0.25) is 17.7 Å². The summed E-state index contributed by atoms with van der Waals surface area (Å²) in [6.45, 7) is 4.58. The fourth-order valence-corrected chi connectivity index (χ4v) is 3.92. The molecule has 1 aromatic rings. The van der Waals surface area contributed by atoms with E-state index in [1.54, 1.807) is 12.1 Å². The predicted molar refractivity (Wildman–Crippen MR) is 103 cm³/mol. The quantitative estimate of drug-likeness (QED) is 0.628. The molecule has 2 unspecified atom stereocenters. The molecule has 0 saturated carbocycles. The number of piperidine rings is 1. The van der Waals surface area contributed by atoms with Gasteiger partial charge in [-0.1, -0.05) is 0 Å². The van der Waals surface area contributed by atoms with Gasteiger partial charge in [0.25, 0.3) is 0 Å². The Bertz CT molecular complexity index is 817. The SMILES string of the molecule is CC1CN(C(=O)O)C[C@H](C)N1CC(=O)Nc1cc(C2CCC(=O)NC2=O)ccn1. The molecule has 2 fully saturated rings. The molecule has 2 aliphatic heterocycles. The van der Waals surface area contributed by atoms with Crippen LogP contribution < -0.4 is 10.6 Å². The first-order valence-corrected chi connectivity index (χ1v) is 9.57. The number of carbonyl (C=O) groups excluding carboxylic acids is 3. The molecule has 3 atom stereocenters. The van der Waals surface area contributed by atoms with Crippen molar-refractivity contribution in [2.24, 2.45) is 0 Å². The molecule has 3 heterocycles. The second kappa shape index (κ2) is 8.56. The van der Waals surface area contributed by atoms with Gasteiger partial charge < -0.3 is 15.3 Å². The van der Waals surface area contributed by atoms with Gasteiger partial charge in [-0.25, -0.2) is 9.78 Å². The molecule has 0 aliphatic carbocycles. The highest BCUT2D eigenvalue weighted by atomic mass is 16.4. The Kier molecular flexibility index (Phi) is 6.12. The van der Waals surface area contributed by atoms with Gasteiger partial charge in [-0.05, 0) is 38.0 Å². The maximum atomic E-state index is 12.5. The third-order valence-corrected chi connectivity index (χ3v) is 5.39. The van der Waals surface area contributed by atoms with Gasteiger partial charge in [0.15, 0.2) is 0 Å². The van der Waals surface area contributed by atoms with Crippen molar-refractivity contribution in [3.63, 3.8) is 0 Å². The van der Waals surface area contributed by atoms with Gasteiger partial charge in [0.05, 0.1) is 12.5 Å². The smallest absolute Gasteiger partial charge is 0.407 e. The molecule has 0 aromatic carbocycles. The number of hydrogen-bond donors (Lipinski definition) is 3. The van der Waals surface area contributed by atoms with Crippen LogP contribution in [-0.4, -0.2) is 75.4 Å².